The largest absolute Gasteiger partial charge is 0.311 e. The SMILES string of the molecule is Cc1ccc(N(c2ccccc2)c2ccc(N(c3ccccc3)c3cccc(-c4cccc(-c5cccc(-c6cccc(N(c7ccccc7)c7ccc(N(c8ccccc8)c8ccc(C)cc8)cc7)c6)c5)c4)c3)cc2)cc1. The van der Waals surface area contributed by atoms with Crippen LogP contribution in [0.3, 0.4) is 0 Å². The van der Waals surface area contributed by atoms with Gasteiger partial charge in [-0.25, -0.2) is 0 Å². The van der Waals surface area contributed by atoms with Crippen molar-refractivity contribution in [2.75, 3.05) is 19.6 Å². The van der Waals surface area contributed by atoms with Crippen molar-refractivity contribution in [1.82, 2.24) is 0 Å². The van der Waals surface area contributed by atoms with E-state index in [9.17, 15) is 0 Å². The monoisotopic (exact) mass is 1000 g/mol. The summed E-state index contributed by atoms with van der Waals surface area (Å²) in [6.45, 7) is 4.26. The van der Waals surface area contributed by atoms with Gasteiger partial charge in [0.15, 0.2) is 0 Å². The second-order valence-corrected chi connectivity index (χ2v) is 19.6. The Hall–Kier alpha value is -10.2. The lowest BCUT2D eigenvalue weighted by Gasteiger charge is -2.28. The molecule has 0 unspecified atom stereocenters. The molecule has 4 nitrogen and oxygen atoms in total. The first-order chi connectivity index (χ1) is 38.5. The molecule has 0 saturated heterocycles. The highest BCUT2D eigenvalue weighted by Gasteiger charge is 2.19. The van der Waals surface area contributed by atoms with E-state index in [2.05, 4.69) is 349 Å². The Morgan fingerprint density at radius 1 is 0.154 bits per heavy atom. The number of aryl methyl sites for hydroxylation is 2. The van der Waals surface area contributed by atoms with Crippen LogP contribution in [0.2, 0.25) is 0 Å². The highest BCUT2D eigenvalue weighted by Crippen LogP contribution is 2.43. The van der Waals surface area contributed by atoms with E-state index in [1.807, 2.05) is 0 Å². The molecular weight excluding hydrogens is 945 g/mol. The van der Waals surface area contributed by atoms with Gasteiger partial charge in [0.2, 0.25) is 0 Å². The van der Waals surface area contributed by atoms with E-state index in [1.54, 1.807) is 0 Å². The van der Waals surface area contributed by atoms with Crippen molar-refractivity contribution >= 4 is 68.2 Å². The summed E-state index contributed by atoms with van der Waals surface area (Å²) in [5.74, 6) is 0. The second-order valence-electron chi connectivity index (χ2n) is 19.6. The Labute approximate surface area is 459 Å². The second kappa shape index (κ2) is 22.4. The predicted octanol–water partition coefficient (Wildman–Crippen LogP) is 21.2. The van der Waals surface area contributed by atoms with Crippen LogP contribution < -0.4 is 19.6 Å². The molecule has 0 fully saturated rings. The van der Waals surface area contributed by atoms with Gasteiger partial charge in [0.05, 0.1) is 0 Å². The third kappa shape index (κ3) is 10.6. The van der Waals surface area contributed by atoms with Crippen LogP contribution in [0, 0.1) is 13.8 Å². The smallest absolute Gasteiger partial charge is 0.0467 e. The number of para-hydroxylation sites is 4. The average Bonchev–Trinajstić information content (AvgIpc) is 3.55. The number of hydrogen-bond donors (Lipinski definition) is 0. The van der Waals surface area contributed by atoms with E-state index >= 15 is 0 Å². The van der Waals surface area contributed by atoms with Crippen LogP contribution in [-0.4, -0.2) is 0 Å². The van der Waals surface area contributed by atoms with Crippen LogP contribution in [0.4, 0.5) is 68.2 Å². The van der Waals surface area contributed by atoms with Gasteiger partial charge in [0.25, 0.3) is 0 Å². The molecule has 12 aromatic carbocycles. The molecule has 4 heteroatoms. The number of hydrogen-bond acceptors (Lipinski definition) is 4. The van der Waals surface area contributed by atoms with Gasteiger partial charge in [-0.3, -0.25) is 0 Å². The minimum atomic E-state index is 1.07. The summed E-state index contributed by atoms with van der Waals surface area (Å²) in [4.78, 5) is 9.30. The molecule has 0 atom stereocenters. The normalized spacial score (nSPS) is 10.9. The third-order valence-electron chi connectivity index (χ3n) is 14.3. The van der Waals surface area contributed by atoms with Crippen LogP contribution in [-0.2, 0) is 0 Å². The zero-order valence-corrected chi connectivity index (χ0v) is 43.8. The molecule has 374 valence electrons. The minimum Gasteiger partial charge on any atom is -0.311 e. The lowest BCUT2D eigenvalue weighted by molar-refractivity contribution is 1.25. The predicted molar refractivity (Wildman–Crippen MR) is 331 cm³/mol. The maximum Gasteiger partial charge on any atom is 0.0467 e. The van der Waals surface area contributed by atoms with Crippen molar-refractivity contribution in [2.45, 2.75) is 13.8 Å². The van der Waals surface area contributed by atoms with Crippen molar-refractivity contribution < 1.29 is 0 Å². The van der Waals surface area contributed by atoms with Crippen LogP contribution in [0.5, 0.6) is 0 Å². The summed E-state index contributed by atoms with van der Waals surface area (Å²) in [5.41, 5.74) is 22.5. The van der Waals surface area contributed by atoms with Crippen molar-refractivity contribution in [1.29, 1.82) is 0 Å². The van der Waals surface area contributed by atoms with E-state index in [1.165, 1.54) is 11.1 Å². The average molecular weight is 1000 g/mol. The molecule has 0 saturated carbocycles. The maximum absolute atomic E-state index is 2.34. The van der Waals surface area contributed by atoms with Crippen LogP contribution >= 0.6 is 0 Å². The Bertz CT molecular complexity index is 3640. The molecule has 12 aromatic rings. The fourth-order valence-electron chi connectivity index (χ4n) is 10.4. The molecule has 0 aliphatic carbocycles. The van der Waals surface area contributed by atoms with Gasteiger partial charge in [0, 0.05) is 68.2 Å². The molecular formula is C74H58N4. The van der Waals surface area contributed by atoms with E-state index in [0.717, 1.165) is 102 Å². The molecule has 0 spiro atoms. The first kappa shape index (κ1) is 48.8. The topological polar surface area (TPSA) is 13.0 Å². The molecule has 0 aliphatic rings. The summed E-state index contributed by atoms with van der Waals surface area (Å²) >= 11 is 0. The van der Waals surface area contributed by atoms with Crippen molar-refractivity contribution in [2.24, 2.45) is 0 Å². The Balaban J connectivity index is 0.837. The van der Waals surface area contributed by atoms with E-state index in [0.29, 0.717) is 0 Å². The first-order valence-corrected chi connectivity index (χ1v) is 26.6. The standard InChI is InChI=1S/C74H58N4/c1-55-35-39-67(40-36-55)75(63-25-7-3-8-26-63)69-43-47-71(48-44-69)77(65-29-11-5-12-30-65)73-33-17-23-61(53-73)59-21-15-19-57(51-59)58-20-16-22-60(52-58)62-24-18-34-74(54-62)78(66-31-13-6-14-32-66)72-49-45-70(46-50-72)76(64-27-9-4-10-28-64)68-41-37-56(2)38-42-68/h3-54H,1-2H3. The Morgan fingerprint density at radius 3 is 0.590 bits per heavy atom. The Morgan fingerprint density at radius 2 is 0.333 bits per heavy atom. The first-order valence-electron chi connectivity index (χ1n) is 26.6. The lowest BCUT2D eigenvalue weighted by Crippen LogP contribution is -2.12. The summed E-state index contributed by atoms with van der Waals surface area (Å²) in [5, 5.41) is 0. The molecule has 0 radical (unpaired) electrons. The van der Waals surface area contributed by atoms with Crippen molar-refractivity contribution in [3.8, 4) is 33.4 Å². The van der Waals surface area contributed by atoms with Gasteiger partial charge in [0.1, 0.15) is 0 Å². The number of anilines is 12. The zero-order valence-electron chi connectivity index (χ0n) is 43.8. The summed E-state index contributed by atoms with van der Waals surface area (Å²) < 4.78 is 0. The number of nitrogens with zero attached hydrogens (tertiary/aromatic N) is 4. The fourth-order valence-corrected chi connectivity index (χ4v) is 10.4. The quantitative estimate of drug-likeness (QED) is 0.101. The van der Waals surface area contributed by atoms with E-state index in [-0.39, 0.29) is 0 Å². The molecule has 78 heavy (non-hydrogen) atoms. The molecule has 0 heterocycles. The minimum absolute atomic E-state index is 1.07. The summed E-state index contributed by atoms with van der Waals surface area (Å²) in [6.07, 6.45) is 0. The highest BCUT2D eigenvalue weighted by atomic mass is 15.2. The fraction of sp³-hybridized carbons (Fsp3) is 0.0270. The highest BCUT2D eigenvalue weighted by molar-refractivity contribution is 5.86. The van der Waals surface area contributed by atoms with Crippen LogP contribution in [0.1, 0.15) is 11.1 Å². The Kier molecular flexibility index (Phi) is 14.0. The van der Waals surface area contributed by atoms with Crippen LogP contribution in [0.15, 0.2) is 315 Å². The molecule has 0 aromatic heterocycles. The van der Waals surface area contributed by atoms with Gasteiger partial charge in [-0.15, -0.1) is 0 Å². The maximum atomic E-state index is 2.34. The lowest BCUT2D eigenvalue weighted by atomic mass is 9.95. The molecule has 12 rings (SSSR count). The van der Waals surface area contributed by atoms with Gasteiger partial charge in [-0.2, -0.15) is 0 Å². The summed E-state index contributed by atoms with van der Waals surface area (Å²) in [6, 6.07) is 113. The summed E-state index contributed by atoms with van der Waals surface area (Å²) in [7, 11) is 0. The molecule has 0 N–H and O–H groups in total. The van der Waals surface area contributed by atoms with Gasteiger partial charge < -0.3 is 19.6 Å². The number of benzene rings is 12. The number of rotatable bonds is 15. The van der Waals surface area contributed by atoms with E-state index < -0.39 is 0 Å². The van der Waals surface area contributed by atoms with E-state index in [4.69, 9.17) is 0 Å². The molecule has 0 aliphatic heterocycles. The molecule has 0 bridgehead atoms. The van der Waals surface area contributed by atoms with Gasteiger partial charge >= 0.3 is 0 Å². The van der Waals surface area contributed by atoms with Crippen molar-refractivity contribution in [3.05, 3.63) is 327 Å². The third-order valence-corrected chi connectivity index (χ3v) is 14.3. The van der Waals surface area contributed by atoms with Crippen LogP contribution in [0.25, 0.3) is 33.4 Å². The molecule has 0 amide bonds. The van der Waals surface area contributed by atoms with Crippen molar-refractivity contribution in [3.63, 3.8) is 0 Å². The van der Waals surface area contributed by atoms with Gasteiger partial charge in [-0.1, -0.05) is 169 Å². The van der Waals surface area contributed by atoms with Gasteiger partial charge in [-0.05, 0) is 205 Å². The zero-order chi connectivity index (χ0) is 52.6.